The number of aromatic nitrogens is 4. The number of aliphatic hydroxyl groups is 1. The number of para-hydroxylation sites is 1. The van der Waals surface area contributed by atoms with Crippen LogP contribution in [0.2, 0.25) is 5.02 Å². The maximum atomic E-state index is 13.1. The Morgan fingerprint density at radius 3 is 2.69 bits per heavy atom. The van der Waals surface area contributed by atoms with E-state index in [1.165, 1.54) is 6.20 Å². The normalized spacial score (nSPS) is 14.4. The Morgan fingerprint density at radius 1 is 1.20 bits per heavy atom. The number of halogens is 1. The first-order valence-electron chi connectivity index (χ1n) is 11.2. The highest BCUT2D eigenvalue weighted by atomic mass is 35.5. The minimum absolute atomic E-state index is 0.0968. The third kappa shape index (κ3) is 4.33. The van der Waals surface area contributed by atoms with Crippen LogP contribution >= 0.6 is 11.6 Å². The summed E-state index contributed by atoms with van der Waals surface area (Å²) >= 11 is 6.21. The minimum atomic E-state index is -0.709. The second kappa shape index (κ2) is 9.05. The van der Waals surface area contributed by atoms with Crippen molar-refractivity contribution in [1.82, 2.24) is 19.5 Å². The summed E-state index contributed by atoms with van der Waals surface area (Å²) in [7, 11) is 0. The Labute approximate surface area is 205 Å². The summed E-state index contributed by atoms with van der Waals surface area (Å²) in [5.74, 6) is 0.232. The van der Waals surface area contributed by atoms with E-state index < -0.39 is 11.2 Å². The summed E-state index contributed by atoms with van der Waals surface area (Å²) < 4.78 is 0.887. The lowest BCUT2D eigenvalue weighted by Crippen LogP contribution is -2.36. The van der Waals surface area contributed by atoms with Gasteiger partial charge in [-0.3, -0.25) is 9.78 Å². The SMILES string of the molecule is Cc1cc(Nc2ncc3c(=O)n(-c4c(N)cccc4Cl)c(=O)[nH]c3n2)ccc1N1CCC(O)CC1. The minimum Gasteiger partial charge on any atom is -0.397 e. The Balaban J connectivity index is 1.45. The van der Waals surface area contributed by atoms with Crippen molar-refractivity contribution in [1.29, 1.82) is 0 Å². The van der Waals surface area contributed by atoms with E-state index in [4.69, 9.17) is 17.3 Å². The number of hydrogen-bond donors (Lipinski definition) is 4. The molecule has 11 heteroatoms. The summed E-state index contributed by atoms with van der Waals surface area (Å²) in [6.45, 7) is 3.65. The maximum Gasteiger partial charge on any atom is 0.334 e. The van der Waals surface area contributed by atoms with E-state index in [-0.39, 0.29) is 39.5 Å². The van der Waals surface area contributed by atoms with Crippen molar-refractivity contribution >= 4 is 45.6 Å². The topological polar surface area (TPSA) is 142 Å². The van der Waals surface area contributed by atoms with Gasteiger partial charge in [0, 0.05) is 30.7 Å². The molecule has 0 bridgehead atoms. The molecule has 1 aliphatic rings. The van der Waals surface area contributed by atoms with Crippen LogP contribution in [0.25, 0.3) is 16.7 Å². The maximum absolute atomic E-state index is 13.1. The van der Waals surface area contributed by atoms with E-state index in [0.29, 0.717) is 0 Å². The van der Waals surface area contributed by atoms with Gasteiger partial charge in [0.05, 0.1) is 22.5 Å². The van der Waals surface area contributed by atoms with Gasteiger partial charge in [-0.25, -0.2) is 14.3 Å². The van der Waals surface area contributed by atoms with E-state index in [0.717, 1.165) is 47.4 Å². The Hall–Kier alpha value is -3.89. The number of rotatable bonds is 4. The first-order valence-corrected chi connectivity index (χ1v) is 11.6. The molecule has 1 aliphatic heterocycles. The zero-order chi connectivity index (χ0) is 24.7. The monoisotopic (exact) mass is 493 g/mol. The fourth-order valence-corrected chi connectivity index (χ4v) is 4.62. The lowest BCUT2D eigenvalue weighted by atomic mass is 10.1. The third-order valence-electron chi connectivity index (χ3n) is 6.15. The van der Waals surface area contributed by atoms with E-state index in [1.807, 2.05) is 25.1 Å². The van der Waals surface area contributed by atoms with Crippen LogP contribution in [0.4, 0.5) is 23.0 Å². The molecule has 0 amide bonds. The van der Waals surface area contributed by atoms with Gasteiger partial charge in [0.1, 0.15) is 5.39 Å². The van der Waals surface area contributed by atoms with Crippen LogP contribution in [-0.4, -0.2) is 43.8 Å². The molecule has 5 N–H and O–H groups in total. The van der Waals surface area contributed by atoms with Crippen LogP contribution < -0.4 is 27.2 Å². The molecule has 1 fully saturated rings. The Bertz CT molecular complexity index is 1520. The average Bonchev–Trinajstić information content (AvgIpc) is 2.81. The second-order valence-corrected chi connectivity index (χ2v) is 8.96. The predicted molar refractivity (Wildman–Crippen MR) is 137 cm³/mol. The fourth-order valence-electron chi connectivity index (χ4n) is 4.36. The Kier molecular flexibility index (Phi) is 5.91. The van der Waals surface area contributed by atoms with Gasteiger partial charge in [-0.15, -0.1) is 0 Å². The summed E-state index contributed by atoms with van der Waals surface area (Å²) in [5, 5.41) is 13.2. The van der Waals surface area contributed by atoms with Crippen molar-refractivity contribution < 1.29 is 5.11 Å². The molecule has 5 rings (SSSR count). The molecular formula is C24H24ClN7O3. The molecule has 0 unspecified atom stereocenters. The molecule has 4 aromatic rings. The van der Waals surface area contributed by atoms with Gasteiger partial charge in [-0.1, -0.05) is 17.7 Å². The second-order valence-electron chi connectivity index (χ2n) is 8.55. The number of aromatic amines is 1. The summed E-state index contributed by atoms with van der Waals surface area (Å²) in [6, 6.07) is 10.7. The van der Waals surface area contributed by atoms with E-state index >= 15 is 0 Å². The highest BCUT2D eigenvalue weighted by molar-refractivity contribution is 6.33. The molecule has 180 valence electrons. The zero-order valence-electron chi connectivity index (χ0n) is 19.0. The number of hydrogen-bond acceptors (Lipinski definition) is 8. The number of aliphatic hydroxyl groups excluding tert-OH is 1. The molecule has 0 aliphatic carbocycles. The van der Waals surface area contributed by atoms with Gasteiger partial charge in [0.2, 0.25) is 5.95 Å². The molecule has 2 aromatic heterocycles. The van der Waals surface area contributed by atoms with Crippen LogP contribution in [0, 0.1) is 6.92 Å². The van der Waals surface area contributed by atoms with Crippen molar-refractivity contribution in [3.8, 4) is 5.69 Å². The molecule has 0 radical (unpaired) electrons. The number of aryl methyl sites for hydroxylation is 1. The molecule has 0 saturated carbocycles. The number of H-pyrrole nitrogens is 1. The van der Waals surface area contributed by atoms with Gasteiger partial charge in [-0.2, -0.15) is 4.98 Å². The van der Waals surface area contributed by atoms with Crippen molar-refractivity contribution in [2.75, 3.05) is 29.0 Å². The first-order chi connectivity index (χ1) is 16.8. The standard InChI is InChI=1S/C24H24ClN7O3/c1-13-11-14(5-6-19(13)31-9-7-15(33)8-10-31)28-23-27-12-16-21(29-23)30-24(35)32(22(16)34)20-17(25)3-2-4-18(20)26/h2-6,11-12,15,33H,7-10,26H2,1H3,(H2,27,28,29,30,35). The lowest BCUT2D eigenvalue weighted by molar-refractivity contribution is 0.145. The number of benzene rings is 2. The molecule has 0 spiro atoms. The van der Waals surface area contributed by atoms with E-state index in [1.54, 1.807) is 18.2 Å². The molecule has 10 nitrogen and oxygen atoms in total. The predicted octanol–water partition coefficient (Wildman–Crippen LogP) is 2.72. The number of nitrogen functional groups attached to an aromatic ring is 1. The van der Waals surface area contributed by atoms with E-state index in [9.17, 15) is 14.7 Å². The first kappa shape index (κ1) is 22.9. The molecule has 35 heavy (non-hydrogen) atoms. The van der Waals surface area contributed by atoms with Crippen molar-refractivity contribution in [2.24, 2.45) is 0 Å². The van der Waals surface area contributed by atoms with Gasteiger partial charge in [-0.05, 0) is 55.7 Å². The van der Waals surface area contributed by atoms with Crippen LogP contribution in [0.1, 0.15) is 18.4 Å². The third-order valence-corrected chi connectivity index (χ3v) is 6.46. The average molecular weight is 494 g/mol. The molecule has 0 atom stereocenters. The van der Waals surface area contributed by atoms with Gasteiger partial charge < -0.3 is 21.1 Å². The number of nitrogens with one attached hydrogen (secondary N) is 2. The fraction of sp³-hybridized carbons (Fsp3) is 0.250. The summed E-state index contributed by atoms with van der Waals surface area (Å²) in [4.78, 5) is 39.3. The van der Waals surface area contributed by atoms with E-state index in [2.05, 4.69) is 25.2 Å². The number of nitrogens with zero attached hydrogens (tertiary/aromatic N) is 4. The van der Waals surface area contributed by atoms with Crippen molar-refractivity contribution in [3.05, 3.63) is 74.0 Å². The molecular weight excluding hydrogens is 470 g/mol. The molecule has 2 aromatic carbocycles. The summed E-state index contributed by atoms with van der Waals surface area (Å²) in [5.41, 5.74) is 8.00. The van der Waals surface area contributed by atoms with Crippen LogP contribution in [0.15, 0.2) is 52.2 Å². The van der Waals surface area contributed by atoms with Gasteiger partial charge in [0.15, 0.2) is 5.65 Å². The number of anilines is 4. The van der Waals surface area contributed by atoms with Crippen molar-refractivity contribution in [2.45, 2.75) is 25.9 Å². The molecule has 1 saturated heterocycles. The molecule has 3 heterocycles. The van der Waals surface area contributed by atoms with Gasteiger partial charge in [0.25, 0.3) is 5.56 Å². The smallest absolute Gasteiger partial charge is 0.334 e. The highest BCUT2D eigenvalue weighted by Crippen LogP contribution is 2.28. The largest absolute Gasteiger partial charge is 0.397 e. The number of fused-ring (bicyclic) bond motifs is 1. The number of nitrogens with two attached hydrogens (primary N) is 1. The van der Waals surface area contributed by atoms with Crippen LogP contribution in [-0.2, 0) is 0 Å². The number of piperidine rings is 1. The summed E-state index contributed by atoms with van der Waals surface area (Å²) in [6.07, 6.45) is 2.64. The van der Waals surface area contributed by atoms with Crippen LogP contribution in [0.5, 0.6) is 0 Å². The zero-order valence-corrected chi connectivity index (χ0v) is 19.7. The van der Waals surface area contributed by atoms with Crippen molar-refractivity contribution in [3.63, 3.8) is 0 Å². The lowest BCUT2D eigenvalue weighted by Gasteiger charge is -2.32. The highest BCUT2D eigenvalue weighted by Gasteiger charge is 2.19. The quantitative estimate of drug-likeness (QED) is 0.318. The van der Waals surface area contributed by atoms with Gasteiger partial charge >= 0.3 is 5.69 Å². The van der Waals surface area contributed by atoms with Crippen LogP contribution in [0.3, 0.4) is 0 Å². The Morgan fingerprint density at radius 2 is 1.97 bits per heavy atom.